The Bertz CT molecular complexity index is 824. The third-order valence-electron chi connectivity index (χ3n) is 5.52. The maximum Gasteiger partial charge on any atom is 0.247 e. The Labute approximate surface area is 166 Å². The summed E-state index contributed by atoms with van der Waals surface area (Å²) in [6.07, 6.45) is 2.33. The standard InChI is InChI=1S/C21H29N5O2/c1-15(2)28-18-8-6-17(7-9-18)14-25-12-13-26-16(3)22-23-20(26)19(25)21(27)24-10-4-5-11-24/h6-9,15,19H,4-5,10-14H2,1-3H3. The van der Waals surface area contributed by atoms with Crippen LogP contribution in [0.4, 0.5) is 0 Å². The summed E-state index contributed by atoms with van der Waals surface area (Å²) in [5.74, 6) is 2.69. The summed E-state index contributed by atoms with van der Waals surface area (Å²) in [6.45, 7) is 10.0. The van der Waals surface area contributed by atoms with E-state index in [0.29, 0.717) is 6.54 Å². The van der Waals surface area contributed by atoms with Crippen LogP contribution in [0.25, 0.3) is 0 Å². The molecule has 1 amide bonds. The molecule has 2 aromatic rings. The van der Waals surface area contributed by atoms with E-state index < -0.39 is 0 Å². The van der Waals surface area contributed by atoms with E-state index in [9.17, 15) is 4.79 Å². The molecule has 150 valence electrons. The number of amides is 1. The molecular weight excluding hydrogens is 354 g/mol. The predicted octanol–water partition coefficient (Wildman–Crippen LogP) is 2.55. The van der Waals surface area contributed by atoms with Gasteiger partial charge in [-0.25, -0.2) is 0 Å². The van der Waals surface area contributed by atoms with Crippen LogP contribution in [0.2, 0.25) is 0 Å². The molecule has 0 bridgehead atoms. The average molecular weight is 383 g/mol. The number of aryl methyl sites for hydroxylation is 1. The minimum absolute atomic E-state index is 0.157. The van der Waals surface area contributed by atoms with Gasteiger partial charge in [-0.1, -0.05) is 12.1 Å². The van der Waals surface area contributed by atoms with Gasteiger partial charge in [-0.15, -0.1) is 10.2 Å². The van der Waals surface area contributed by atoms with Gasteiger partial charge in [0.25, 0.3) is 0 Å². The number of fused-ring (bicyclic) bond motifs is 1. The molecule has 3 heterocycles. The number of ether oxygens (including phenoxy) is 1. The highest BCUT2D eigenvalue weighted by atomic mass is 16.5. The fraction of sp³-hybridized carbons (Fsp3) is 0.571. The van der Waals surface area contributed by atoms with Crippen molar-refractivity contribution in [3.8, 4) is 5.75 Å². The van der Waals surface area contributed by atoms with Crippen molar-refractivity contribution >= 4 is 5.91 Å². The zero-order valence-corrected chi connectivity index (χ0v) is 17.0. The molecule has 2 aliphatic heterocycles. The third-order valence-corrected chi connectivity index (χ3v) is 5.52. The quantitative estimate of drug-likeness (QED) is 0.794. The highest BCUT2D eigenvalue weighted by Crippen LogP contribution is 2.30. The fourth-order valence-electron chi connectivity index (χ4n) is 4.12. The van der Waals surface area contributed by atoms with E-state index in [1.165, 1.54) is 5.56 Å². The molecule has 28 heavy (non-hydrogen) atoms. The average Bonchev–Trinajstić information content (AvgIpc) is 3.33. The number of benzene rings is 1. The second-order valence-corrected chi connectivity index (χ2v) is 7.97. The summed E-state index contributed by atoms with van der Waals surface area (Å²) in [5.41, 5.74) is 1.17. The lowest BCUT2D eigenvalue weighted by molar-refractivity contribution is -0.137. The monoisotopic (exact) mass is 383 g/mol. The van der Waals surface area contributed by atoms with Gasteiger partial charge in [-0.05, 0) is 51.3 Å². The highest BCUT2D eigenvalue weighted by molar-refractivity contribution is 5.83. The molecule has 1 unspecified atom stereocenters. The third kappa shape index (κ3) is 3.76. The van der Waals surface area contributed by atoms with Crippen molar-refractivity contribution in [1.29, 1.82) is 0 Å². The predicted molar refractivity (Wildman–Crippen MR) is 106 cm³/mol. The molecule has 7 nitrogen and oxygen atoms in total. The van der Waals surface area contributed by atoms with Crippen LogP contribution in [0.3, 0.4) is 0 Å². The number of nitrogens with zero attached hydrogens (tertiary/aromatic N) is 5. The first-order valence-corrected chi connectivity index (χ1v) is 10.2. The minimum atomic E-state index is -0.361. The van der Waals surface area contributed by atoms with E-state index in [1.54, 1.807) is 0 Å². The molecule has 1 fully saturated rings. The van der Waals surface area contributed by atoms with E-state index in [0.717, 1.165) is 56.4 Å². The van der Waals surface area contributed by atoms with Crippen molar-refractivity contribution in [2.75, 3.05) is 19.6 Å². The maximum atomic E-state index is 13.3. The first-order valence-electron chi connectivity index (χ1n) is 10.2. The summed E-state index contributed by atoms with van der Waals surface area (Å²) in [7, 11) is 0. The van der Waals surface area contributed by atoms with Crippen molar-refractivity contribution in [3.63, 3.8) is 0 Å². The van der Waals surface area contributed by atoms with Gasteiger partial charge in [0, 0.05) is 32.7 Å². The van der Waals surface area contributed by atoms with Gasteiger partial charge in [-0.3, -0.25) is 9.69 Å². The molecule has 0 saturated carbocycles. The number of hydrogen-bond donors (Lipinski definition) is 0. The SMILES string of the molecule is Cc1nnc2n1CCN(Cc1ccc(OC(C)C)cc1)C2C(=O)N1CCCC1. The molecule has 1 aromatic carbocycles. The topological polar surface area (TPSA) is 63.5 Å². The Hall–Kier alpha value is -2.41. The molecule has 4 rings (SSSR count). The van der Waals surface area contributed by atoms with Gasteiger partial charge in [-0.2, -0.15) is 0 Å². The Kier molecular flexibility index (Phi) is 5.35. The van der Waals surface area contributed by atoms with Crippen LogP contribution in [0.15, 0.2) is 24.3 Å². The van der Waals surface area contributed by atoms with Crippen molar-refractivity contribution in [3.05, 3.63) is 41.5 Å². The molecule has 1 atom stereocenters. The second-order valence-electron chi connectivity index (χ2n) is 7.97. The van der Waals surface area contributed by atoms with Crippen LogP contribution in [-0.2, 0) is 17.9 Å². The molecular formula is C21H29N5O2. The van der Waals surface area contributed by atoms with Gasteiger partial charge in [0.1, 0.15) is 11.6 Å². The Morgan fingerprint density at radius 1 is 1.11 bits per heavy atom. The minimum Gasteiger partial charge on any atom is -0.491 e. The summed E-state index contributed by atoms with van der Waals surface area (Å²) in [6, 6.07) is 7.81. The number of rotatable bonds is 5. The van der Waals surface area contributed by atoms with Crippen LogP contribution in [0.1, 0.15) is 49.9 Å². The Morgan fingerprint density at radius 3 is 2.50 bits per heavy atom. The Morgan fingerprint density at radius 2 is 1.82 bits per heavy atom. The van der Waals surface area contributed by atoms with Gasteiger partial charge < -0.3 is 14.2 Å². The summed E-state index contributed by atoms with van der Waals surface area (Å²) in [5, 5.41) is 8.61. The van der Waals surface area contributed by atoms with Crippen LogP contribution < -0.4 is 4.74 Å². The van der Waals surface area contributed by atoms with E-state index in [2.05, 4.69) is 31.8 Å². The molecule has 0 aliphatic carbocycles. The van der Waals surface area contributed by atoms with Crippen molar-refractivity contribution in [2.45, 2.75) is 58.8 Å². The van der Waals surface area contributed by atoms with E-state index >= 15 is 0 Å². The lowest BCUT2D eigenvalue weighted by atomic mass is 10.1. The molecule has 7 heteroatoms. The fourth-order valence-corrected chi connectivity index (χ4v) is 4.12. The number of aromatic nitrogens is 3. The first-order chi connectivity index (χ1) is 13.5. The normalized spacial score (nSPS) is 19.9. The van der Waals surface area contributed by atoms with Crippen molar-refractivity contribution < 1.29 is 9.53 Å². The van der Waals surface area contributed by atoms with E-state index in [4.69, 9.17) is 4.74 Å². The summed E-state index contributed by atoms with van der Waals surface area (Å²) >= 11 is 0. The van der Waals surface area contributed by atoms with Crippen LogP contribution in [0.5, 0.6) is 5.75 Å². The second kappa shape index (κ2) is 7.91. The lowest BCUT2D eigenvalue weighted by Gasteiger charge is -2.36. The van der Waals surface area contributed by atoms with Gasteiger partial charge >= 0.3 is 0 Å². The van der Waals surface area contributed by atoms with Crippen molar-refractivity contribution in [2.24, 2.45) is 0 Å². The highest BCUT2D eigenvalue weighted by Gasteiger charge is 2.39. The van der Waals surface area contributed by atoms with E-state index in [1.807, 2.05) is 37.8 Å². The number of carbonyl (C=O) groups excluding carboxylic acids is 1. The lowest BCUT2D eigenvalue weighted by Crippen LogP contribution is -2.47. The van der Waals surface area contributed by atoms with Crippen molar-refractivity contribution in [1.82, 2.24) is 24.6 Å². The molecule has 0 spiro atoms. The summed E-state index contributed by atoms with van der Waals surface area (Å²) < 4.78 is 7.83. The van der Waals surface area contributed by atoms with E-state index in [-0.39, 0.29) is 18.1 Å². The van der Waals surface area contributed by atoms with Crippen LogP contribution >= 0.6 is 0 Å². The number of hydrogen-bond acceptors (Lipinski definition) is 5. The van der Waals surface area contributed by atoms with Crippen LogP contribution in [-0.4, -0.2) is 56.2 Å². The Balaban J connectivity index is 1.57. The largest absolute Gasteiger partial charge is 0.491 e. The number of likely N-dealkylation sites (tertiary alicyclic amines) is 1. The zero-order chi connectivity index (χ0) is 19.7. The molecule has 1 saturated heterocycles. The maximum absolute atomic E-state index is 13.3. The molecule has 2 aliphatic rings. The van der Waals surface area contributed by atoms with Gasteiger partial charge in [0.15, 0.2) is 11.9 Å². The molecule has 0 radical (unpaired) electrons. The van der Waals surface area contributed by atoms with Gasteiger partial charge in [0.2, 0.25) is 5.91 Å². The zero-order valence-electron chi connectivity index (χ0n) is 17.0. The first kappa shape index (κ1) is 18.9. The smallest absolute Gasteiger partial charge is 0.247 e. The van der Waals surface area contributed by atoms with Gasteiger partial charge in [0.05, 0.1) is 6.10 Å². The molecule has 0 N–H and O–H groups in total. The molecule has 1 aromatic heterocycles. The van der Waals surface area contributed by atoms with Crippen LogP contribution in [0, 0.1) is 6.92 Å². The summed E-state index contributed by atoms with van der Waals surface area (Å²) in [4.78, 5) is 17.6. The number of carbonyl (C=O) groups is 1.